The van der Waals surface area contributed by atoms with Crippen LogP contribution < -0.4 is 4.90 Å². The van der Waals surface area contributed by atoms with Gasteiger partial charge in [0.15, 0.2) is 0 Å². The molecular weight excluding hydrogens is 343 g/mol. The second-order valence-electron chi connectivity index (χ2n) is 3.82. The van der Waals surface area contributed by atoms with Gasteiger partial charge in [-0.25, -0.2) is 4.90 Å². The van der Waals surface area contributed by atoms with Crippen LogP contribution in [0, 0.1) is 3.57 Å². The van der Waals surface area contributed by atoms with Gasteiger partial charge in [-0.2, -0.15) is 0 Å². The lowest BCUT2D eigenvalue weighted by Crippen LogP contribution is -2.29. The molecule has 3 rings (SSSR count). The van der Waals surface area contributed by atoms with Crippen molar-refractivity contribution in [2.45, 2.75) is 0 Å². The first-order chi connectivity index (χ1) is 8.68. The summed E-state index contributed by atoms with van der Waals surface area (Å²) in [5.41, 5.74) is 1.16. The molecule has 2 aromatic rings. The fraction of sp³-hybridized carbons (Fsp3) is 0. The molecule has 0 fully saturated rings. The van der Waals surface area contributed by atoms with Crippen LogP contribution in [0.1, 0.15) is 20.8 Å². The highest BCUT2D eigenvalue weighted by atomic mass is 127. The molecule has 2 amide bonds. The van der Waals surface area contributed by atoms with Crippen molar-refractivity contribution in [2.75, 3.05) is 4.90 Å². The highest BCUT2D eigenvalue weighted by Crippen LogP contribution is 2.27. The molecule has 0 N–H and O–H groups in total. The average Bonchev–Trinajstić information content (AvgIpc) is 2.64. The summed E-state index contributed by atoms with van der Waals surface area (Å²) in [6, 6.07) is 10.5. The van der Waals surface area contributed by atoms with Crippen LogP contribution in [0.15, 0.2) is 42.6 Å². The summed E-state index contributed by atoms with van der Waals surface area (Å²) in [5, 5.41) is 0. The van der Waals surface area contributed by atoms with Gasteiger partial charge in [0.05, 0.1) is 11.3 Å². The number of pyridine rings is 1. The maximum absolute atomic E-state index is 12.2. The molecule has 0 aliphatic carbocycles. The van der Waals surface area contributed by atoms with E-state index in [4.69, 9.17) is 0 Å². The Morgan fingerprint density at radius 3 is 2.39 bits per heavy atom. The zero-order valence-electron chi connectivity index (χ0n) is 9.13. The summed E-state index contributed by atoms with van der Waals surface area (Å²) in [5.74, 6) is -0.680. The first-order valence-corrected chi connectivity index (χ1v) is 6.36. The van der Waals surface area contributed by atoms with Gasteiger partial charge in [-0.05, 0) is 59.0 Å². The number of amides is 2. The number of hydrogen-bond donors (Lipinski definition) is 0. The van der Waals surface area contributed by atoms with E-state index >= 15 is 0 Å². The largest absolute Gasteiger partial charge is 0.284 e. The van der Waals surface area contributed by atoms with Crippen LogP contribution in [0.25, 0.3) is 0 Å². The van der Waals surface area contributed by atoms with Crippen LogP contribution in [-0.2, 0) is 0 Å². The van der Waals surface area contributed by atoms with Gasteiger partial charge in [0.25, 0.3) is 11.8 Å². The standard InChI is InChI=1S/C13H7IN2O2/c14-8-3-5-9(6-4-8)16-12(17)10-2-1-7-15-11(10)13(16)18/h1-7H. The van der Waals surface area contributed by atoms with Crippen LogP contribution in [0.2, 0.25) is 0 Å². The third kappa shape index (κ3) is 1.62. The van der Waals surface area contributed by atoms with Gasteiger partial charge in [-0.3, -0.25) is 14.6 Å². The molecular formula is C13H7IN2O2. The molecule has 1 aromatic heterocycles. The topological polar surface area (TPSA) is 50.3 Å². The Morgan fingerprint density at radius 1 is 1.00 bits per heavy atom. The molecule has 0 spiro atoms. The molecule has 5 heteroatoms. The van der Waals surface area contributed by atoms with E-state index in [2.05, 4.69) is 27.6 Å². The zero-order chi connectivity index (χ0) is 12.7. The number of carbonyl (C=O) groups is 2. The molecule has 18 heavy (non-hydrogen) atoms. The molecule has 4 nitrogen and oxygen atoms in total. The predicted molar refractivity (Wildman–Crippen MR) is 74.5 cm³/mol. The summed E-state index contributed by atoms with van der Waals surface area (Å²) >= 11 is 2.17. The number of carbonyl (C=O) groups excluding carboxylic acids is 2. The quantitative estimate of drug-likeness (QED) is 0.587. The SMILES string of the molecule is O=C1c2cccnc2C(=O)N1c1ccc(I)cc1. The van der Waals surface area contributed by atoms with E-state index in [0.29, 0.717) is 11.3 Å². The second-order valence-corrected chi connectivity index (χ2v) is 5.07. The van der Waals surface area contributed by atoms with Gasteiger partial charge in [0, 0.05) is 9.77 Å². The van der Waals surface area contributed by atoms with E-state index in [-0.39, 0.29) is 17.5 Å². The molecule has 1 aromatic carbocycles. The Kier molecular flexibility index (Phi) is 2.62. The lowest BCUT2D eigenvalue weighted by atomic mass is 10.2. The lowest BCUT2D eigenvalue weighted by Gasteiger charge is -2.13. The first-order valence-electron chi connectivity index (χ1n) is 5.28. The smallest absolute Gasteiger partial charge is 0.268 e. The molecule has 0 saturated heterocycles. The predicted octanol–water partition coefficient (Wildman–Crippen LogP) is 2.49. The van der Waals surface area contributed by atoms with Crippen molar-refractivity contribution in [1.29, 1.82) is 0 Å². The Morgan fingerprint density at radius 2 is 1.72 bits per heavy atom. The number of halogens is 1. The van der Waals surface area contributed by atoms with Crippen molar-refractivity contribution in [3.8, 4) is 0 Å². The molecule has 2 heterocycles. The number of nitrogens with zero attached hydrogens (tertiary/aromatic N) is 2. The van der Waals surface area contributed by atoms with Gasteiger partial charge in [-0.15, -0.1) is 0 Å². The van der Waals surface area contributed by atoms with E-state index in [0.717, 1.165) is 8.47 Å². The number of benzene rings is 1. The summed E-state index contributed by atoms with van der Waals surface area (Å²) < 4.78 is 1.05. The number of aromatic nitrogens is 1. The number of rotatable bonds is 1. The second kappa shape index (κ2) is 4.16. The fourth-order valence-electron chi connectivity index (χ4n) is 1.89. The van der Waals surface area contributed by atoms with Crippen LogP contribution in [-0.4, -0.2) is 16.8 Å². The van der Waals surface area contributed by atoms with E-state index < -0.39 is 0 Å². The molecule has 0 unspecified atom stereocenters. The minimum absolute atomic E-state index is 0.223. The molecule has 88 valence electrons. The van der Waals surface area contributed by atoms with Crippen molar-refractivity contribution >= 4 is 40.1 Å². The maximum Gasteiger partial charge on any atom is 0.284 e. The first kappa shape index (κ1) is 11.3. The van der Waals surface area contributed by atoms with Crippen molar-refractivity contribution < 1.29 is 9.59 Å². The van der Waals surface area contributed by atoms with Gasteiger partial charge in [0.1, 0.15) is 5.69 Å². The average molecular weight is 350 g/mol. The Hall–Kier alpha value is -1.76. The zero-order valence-corrected chi connectivity index (χ0v) is 11.3. The molecule has 1 aliphatic heterocycles. The minimum atomic E-state index is -0.364. The number of imide groups is 1. The number of anilines is 1. The molecule has 0 atom stereocenters. The Bertz CT molecular complexity index is 617. The minimum Gasteiger partial charge on any atom is -0.268 e. The van der Waals surface area contributed by atoms with E-state index in [1.54, 1.807) is 24.3 Å². The van der Waals surface area contributed by atoms with Crippen molar-refractivity contribution in [2.24, 2.45) is 0 Å². The van der Waals surface area contributed by atoms with Crippen molar-refractivity contribution in [3.63, 3.8) is 0 Å². The third-order valence-electron chi connectivity index (χ3n) is 2.73. The van der Waals surface area contributed by atoms with Crippen LogP contribution in [0.4, 0.5) is 5.69 Å². The summed E-state index contributed by atoms with van der Waals surface area (Å²) in [6.45, 7) is 0. The van der Waals surface area contributed by atoms with E-state index in [1.807, 2.05) is 12.1 Å². The maximum atomic E-state index is 12.2. The Labute approximate surface area is 117 Å². The third-order valence-corrected chi connectivity index (χ3v) is 3.45. The van der Waals surface area contributed by atoms with Gasteiger partial charge in [-0.1, -0.05) is 0 Å². The normalized spacial score (nSPS) is 13.9. The molecule has 0 radical (unpaired) electrons. The number of fused-ring (bicyclic) bond motifs is 1. The highest BCUT2D eigenvalue weighted by Gasteiger charge is 2.37. The van der Waals surface area contributed by atoms with Crippen LogP contribution in [0.5, 0.6) is 0 Å². The summed E-state index contributed by atoms with van der Waals surface area (Å²) in [7, 11) is 0. The van der Waals surface area contributed by atoms with Crippen molar-refractivity contribution in [3.05, 3.63) is 57.4 Å². The molecule has 0 bridgehead atoms. The van der Waals surface area contributed by atoms with E-state index in [1.165, 1.54) is 6.20 Å². The number of hydrogen-bond acceptors (Lipinski definition) is 3. The van der Waals surface area contributed by atoms with Crippen LogP contribution >= 0.6 is 22.6 Å². The fourth-order valence-corrected chi connectivity index (χ4v) is 2.25. The monoisotopic (exact) mass is 350 g/mol. The van der Waals surface area contributed by atoms with Gasteiger partial charge in [0.2, 0.25) is 0 Å². The molecule has 1 aliphatic rings. The molecule has 0 saturated carbocycles. The Balaban J connectivity index is 2.09. The van der Waals surface area contributed by atoms with Crippen molar-refractivity contribution in [1.82, 2.24) is 4.98 Å². The van der Waals surface area contributed by atoms with Crippen LogP contribution in [0.3, 0.4) is 0 Å². The lowest BCUT2D eigenvalue weighted by molar-refractivity contribution is 0.0924. The van der Waals surface area contributed by atoms with Gasteiger partial charge >= 0.3 is 0 Å². The highest BCUT2D eigenvalue weighted by molar-refractivity contribution is 14.1. The van der Waals surface area contributed by atoms with Gasteiger partial charge < -0.3 is 0 Å². The summed E-state index contributed by atoms with van der Waals surface area (Å²) in [6.07, 6.45) is 1.52. The summed E-state index contributed by atoms with van der Waals surface area (Å²) in [4.78, 5) is 29.4. The van der Waals surface area contributed by atoms with E-state index in [9.17, 15) is 9.59 Å².